The van der Waals surface area contributed by atoms with Gasteiger partial charge in [0, 0.05) is 6.04 Å². The summed E-state index contributed by atoms with van der Waals surface area (Å²) < 4.78 is 10.5. The zero-order valence-electron chi connectivity index (χ0n) is 12.6. The average Bonchev–Trinajstić information content (AvgIpc) is 2.43. The molecular formula is C15H22N2O4. The molecule has 2 N–H and O–H groups in total. The molecular weight excluding hydrogens is 272 g/mol. The van der Waals surface area contributed by atoms with Crippen LogP contribution in [0.3, 0.4) is 0 Å². The molecule has 0 saturated heterocycles. The van der Waals surface area contributed by atoms with Crippen LogP contribution in [-0.4, -0.2) is 38.1 Å². The molecule has 116 valence electrons. The molecule has 0 aliphatic carbocycles. The Morgan fingerprint density at radius 2 is 1.71 bits per heavy atom. The van der Waals surface area contributed by atoms with Crippen LogP contribution in [0.2, 0.25) is 0 Å². The Bertz CT molecular complexity index is 457. The van der Waals surface area contributed by atoms with E-state index in [1.54, 1.807) is 31.4 Å². The Balaban J connectivity index is 2.18. The molecule has 1 aromatic carbocycles. The van der Waals surface area contributed by atoms with Gasteiger partial charge >= 0.3 is 0 Å². The summed E-state index contributed by atoms with van der Waals surface area (Å²) in [6, 6.07) is 7.20. The number of amides is 2. The summed E-state index contributed by atoms with van der Waals surface area (Å²) in [7, 11) is 1.60. The first-order valence-corrected chi connectivity index (χ1v) is 6.84. The molecule has 2 amide bonds. The zero-order valence-corrected chi connectivity index (χ0v) is 12.6. The molecule has 0 heterocycles. The standard InChI is InChI=1S/C15H22N2O4/c1-11(2)17-15(19)10-14(18)16-8-9-21-13-6-4-12(20-3)5-7-13/h4-7,11H,8-10H2,1-3H3,(H,16,18)(H,17,19). The number of rotatable bonds is 8. The van der Waals surface area contributed by atoms with Crippen molar-refractivity contribution in [2.24, 2.45) is 0 Å². The van der Waals surface area contributed by atoms with E-state index in [-0.39, 0.29) is 24.3 Å². The lowest BCUT2D eigenvalue weighted by Gasteiger charge is -2.10. The third kappa shape index (κ3) is 7.20. The fourth-order valence-corrected chi connectivity index (χ4v) is 1.61. The Morgan fingerprint density at radius 3 is 2.29 bits per heavy atom. The molecule has 1 rings (SSSR count). The monoisotopic (exact) mass is 294 g/mol. The zero-order chi connectivity index (χ0) is 15.7. The quantitative estimate of drug-likeness (QED) is 0.556. The van der Waals surface area contributed by atoms with Gasteiger partial charge in [0.2, 0.25) is 11.8 Å². The van der Waals surface area contributed by atoms with E-state index in [2.05, 4.69) is 10.6 Å². The van der Waals surface area contributed by atoms with Gasteiger partial charge in [-0.1, -0.05) is 0 Å². The number of hydrogen-bond donors (Lipinski definition) is 2. The van der Waals surface area contributed by atoms with Crippen molar-refractivity contribution < 1.29 is 19.1 Å². The maximum atomic E-state index is 11.5. The minimum absolute atomic E-state index is 0.0312. The lowest BCUT2D eigenvalue weighted by Crippen LogP contribution is -2.36. The van der Waals surface area contributed by atoms with Crippen LogP contribution in [0.1, 0.15) is 20.3 Å². The predicted molar refractivity (Wildman–Crippen MR) is 79.4 cm³/mol. The summed E-state index contributed by atoms with van der Waals surface area (Å²) >= 11 is 0. The first-order valence-electron chi connectivity index (χ1n) is 6.84. The van der Waals surface area contributed by atoms with Crippen molar-refractivity contribution in [3.05, 3.63) is 24.3 Å². The van der Waals surface area contributed by atoms with Crippen molar-refractivity contribution in [3.63, 3.8) is 0 Å². The maximum Gasteiger partial charge on any atom is 0.229 e. The molecule has 1 aromatic rings. The lowest BCUT2D eigenvalue weighted by molar-refractivity contribution is -0.129. The lowest BCUT2D eigenvalue weighted by atomic mass is 10.3. The number of ether oxygens (including phenoxy) is 2. The van der Waals surface area contributed by atoms with Crippen LogP contribution in [0.4, 0.5) is 0 Å². The van der Waals surface area contributed by atoms with Crippen molar-refractivity contribution in [1.29, 1.82) is 0 Å². The topological polar surface area (TPSA) is 76.7 Å². The largest absolute Gasteiger partial charge is 0.497 e. The molecule has 21 heavy (non-hydrogen) atoms. The summed E-state index contributed by atoms with van der Waals surface area (Å²) in [4.78, 5) is 22.8. The molecule has 0 aliphatic rings. The number of carbonyl (C=O) groups is 2. The molecule has 0 spiro atoms. The highest BCUT2D eigenvalue weighted by Gasteiger charge is 2.09. The van der Waals surface area contributed by atoms with Gasteiger partial charge in [-0.15, -0.1) is 0 Å². The second-order valence-corrected chi connectivity index (χ2v) is 4.77. The van der Waals surface area contributed by atoms with E-state index in [9.17, 15) is 9.59 Å². The Labute approximate surface area is 124 Å². The second-order valence-electron chi connectivity index (χ2n) is 4.77. The van der Waals surface area contributed by atoms with E-state index in [4.69, 9.17) is 9.47 Å². The van der Waals surface area contributed by atoms with Gasteiger partial charge in [0.15, 0.2) is 0 Å². The fraction of sp³-hybridized carbons (Fsp3) is 0.467. The van der Waals surface area contributed by atoms with Crippen molar-refractivity contribution in [3.8, 4) is 11.5 Å². The third-order valence-electron chi connectivity index (χ3n) is 2.52. The van der Waals surface area contributed by atoms with E-state index >= 15 is 0 Å². The van der Waals surface area contributed by atoms with E-state index in [0.717, 1.165) is 5.75 Å². The van der Waals surface area contributed by atoms with Gasteiger partial charge < -0.3 is 20.1 Å². The van der Waals surface area contributed by atoms with Crippen molar-refractivity contribution >= 4 is 11.8 Å². The Morgan fingerprint density at radius 1 is 1.10 bits per heavy atom. The van der Waals surface area contributed by atoms with Crippen molar-refractivity contribution in [2.75, 3.05) is 20.3 Å². The molecule has 0 fully saturated rings. The second kappa shape index (κ2) is 8.84. The molecule has 0 radical (unpaired) electrons. The minimum atomic E-state index is -0.313. The predicted octanol–water partition coefficient (Wildman–Crippen LogP) is 1.10. The van der Waals surface area contributed by atoms with Crippen molar-refractivity contribution in [2.45, 2.75) is 26.3 Å². The molecule has 6 heteroatoms. The highest BCUT2D eigenvalue weighted by Crippen LogP contribution is 2.16. The number of carbonyl (C=O) groups excluding carboxylic acids is 2. The molecule has 0 aromatic heterocycles. The van der Waals surface area contributed by atoms with Gasteiger partial charge in [0.05, 0.1) is 13.7 Å². The van der Waals surface area contributed by atoms with E-state index in [1.165, 1.54) is 0 Å². The smallest absolute Gasteiger partial charge is 0.229 e. The Kier molecular flexibility index (Phi) is 7.08. The first kappa shape index (κ1) is 16.8. The van der Waals surface area contributed by atoms with Crippen LogP contribution >= 0.6 is 0 Å². The average molecular weight is 294 g/mol. The minimum Gasteiger partial charge on any atom is -0.497 e. The number of benzene rings is 1. The molecule has 0 aliphatic heterocycles. The van der Waals surface area contributed by atoms with E-state index < -0.39 is 0 Å². The summed E-state index contributed by atoms with van der Waals surface area (Å²) in [5.41, 5.74) is 0. The van der Waals surface area contributed by atoms with Gasteiger partial charge in [0.1, 0.15) is 24.5 Å². The van der Waals surface area contributed by atoms with Gasteiger partial charge in [-0.25, -0.2) is 0 Å². The molecule has 0 saturated carbocycles. The fourth-order valence-electron chi connectivity index (χ4n) is 1.61. The van der Waals surface area contributed by atoms with Gasteiger partial charge in [-0.3, -0.25) is 9.59 Å². The third-order valence-corrected chi connectivity index (χ3v) is 2.52. The van der Waals surface area contributed by atoms with Crippen LogP contribution in [0.25, 0.3) is 0 Å². The van der Waals surface area contributed by atoms with Crippen LogP contribution < -0.4 is 20.1 Å². The molecule has 6 nitrogen and oxygen atoms in total. The van der Waals surface area contributed by atoms with Gasteiger partial charge in [0.25, 0.3) is 0 Å². The number of hydrogen-bond acceptors (Lipinski definition) is 4. The summed E-state index contributed by atoms with van der Waals surface area (Å²) in [6.45, 7) is 4.38. The SMILES string of the molecule is COc1ccc(OCCNC(=O)CC(=O)NC(C)C)cc1. The van der Waals surface area contributed by atoms with E-state index in [0.29, 0.717) is 18.9 Å². The first-order chi connectivity index (χ1) is 10.0. The highest BCUT2D eigenvalue weighted by atomic mass is 16.5. The summed E-state index contributed by atoms with van der Waals surface area (Å²) in [5, 5.41) is 5.29. The summed E-state index contributed by atoms with van der Waals surface area (Å²) in [5.74, 6) is 0.861. The van der Waals surface area contributed by atoms with E-state index in [1.807, 2.05) is 13.8 Å². The Hall–Kier alpha value is -2.24. The number of nitrogens with one attached hydrogen (secondary N) is 2. The van der Waals surface area contributed by atoms with Gasteiger partial charge in [-0.05, 0) is 38.1 Å². The van der Waals surface area contributed by atoms with Crippen molar-refractivity contribution in [1.82, 2.24) is 10.6 Å². The molecule has 0 atom stereocenters. The van der Waals surface area contributed by atoms with Crippen LogP contribution in [0.15, 0.2) is 24.3 Å². The number of methoxy groups -OCH3 is 1. The van der Waals surface area contributed by atoms with Crippen LogP contribution in [0, 0.1) is 0 Å². The maximum absolute atomic E-state index is 11.5. The van der Waals surface area contributed by atoms with Crippen LogP contribution in [0.5, 0.6) is 11.5 Å². The molecule has 0 bridgehead atoms. The van der Waals surface area contributed by atoms with Crippen LogP contribution in [-0.2, 0) is 9.59 Å². The van der Waals surface area contributed by atoms with Gasteiger partial charge in [-0.2, -0.15) is 0 Å². The molecule has 0 unspecified atom stereocenters. The highest BCUT2D eigenvalue weighted by molar-refractivity contribution is 5.96. The normalized spacial score (nSPS) is 10.1. The summed E-state index contributed by atoms with van der Waals surface area (Å²) in [6.07, 6.45) is -0.166.